The monoisotopic (exact) mass is 1100 g/mol. The fraction of sp³-hybridized carbons (Fsp3) is 0.296. The topological polar surface area (TPSA) is 102 Å². The molecule has 11 heteroatoms. The van der Waals surface area contributed by atoms with Crippen molar-refractivity contribution in [1.29, 1.82) is 0 Å². The first-order valence-corrected chi connectivity index (χ1v) is 28.4. The van der Waals surface area contributed by atoms with Crippen molar-refractivity contribution in [2.45, 2.75) is 120 Å². The summed E-state index contributed by atoms with van der Waals surface area (Å²) in [6.45, 7) is 6.38. The lowest BCUT2D eigenvalue weighted by molar-refractivity contribution is -0.365. The van der Waals surface area contributed by atoms with Gasteiger partial charge < -0.3 is 52.1 Å². The Bertz CT molecular complexity index is 3000. The number of rotatable bonds is 30. The van der Waals surface area contributed by atoms with Crippen molar-refractivity contribution in [3.63, 3.8) is 0 Å². The van der Waals surface area contributed by atoms with Crippen LogP contribution in [0.25, 0.3) is 0 Å². The third kappa shape index (κ3) is 16.8. The maximum Gasteiger partial charge on any atom is 0.187 e. The molecule has 8 aromatic rings. The molecule has 0 amide bonds. The Morgan fingerprint density at radius 1 is 0.280 bits per heavy atom. The molecular weight excluding hydrogens is 1030 g/mol. The first-order valence-electron chi connectivity index (χ1n) is 28.4. The summed E-state index contributed by atoms with van der Waals surface area (Å²) in [5, 5.41) is 0. The van der Waals surface area contributed by atoms with E-state index in [1.807, 2.05) is 243 Å². The second-order valence-electron chi connectivity index (χ2n) is 20.6. The van der Waals surface area contributed by atoms with Gasteiger partial charge in [0.25, 0.3) is 0 Å². The highest BCUT2D eigenvalue weighted by molar-refractivity contribution is 5.20. The molecule has 1 aliphatic carbocycles. The van der Waals surface area contributed by atoms with Crippen molar-refractivity contribution in [3.8, 4) is 0 Å². The first kappa shape index (κ1) is 58.3. The maximum absolute atomic E-state index is 7.77. The summed E-state index contributed by atoms with van der Waals surface area (Å²) in [7, 11) is 0. The molecule has 0 spiro atoms. The molecule has 11 atom stereocenters. The van der Waals surface area contributed by atoms with E-state index in [1.165, 1.54) is 0 Å². The van der Waals surface area contributed by atoms with Crippen molar-refractivity contribution in [3.05, 3.63) is 300 Å². The molecule has 0 radical (unpaired) electrons. The van der Waals surface area contributed by atoms with Crippen molar-refractivity contribution >= 4 is 0 Å². The summed E-state index contributed by atoms with van der Waals surface area (Å²) in [6, 6.07) is 80.7. The number of hydrogen-bond donors (Lipinski definition) is 0. The Kier molecular flexibility index (Phi) is 22.4. The molecule has 0 aromatic heterocycles. The van der Waals surface area contributed by atoms with E-state index in [0.717, 1.165) is 44.5 Å². The molecule has 2 fully saturated rings. The molecule has 10 rings (SSSR count). The Balaban J connectivity index is 1.10. The highest BCUT2D eigenvalue weighted by Gasteiger charge is 2.58. The summed E-state index contributed by atoms with van der Waals surface area (Å²) in [5.41, 5.74) is 7.81. The Labute approximate surface area is 483 Å². The average Bonchev–Trinajstić information content (AvgIpc) is 2.62. The molecular formula is C71H74O11. The summed E-state index contributed by atoms with van der Waals surface area (Å²) >= 11 is 0. The molecule has 8 aromatic carbocycles. The van der Waals surface area contributed by atoms with Crippen LogP contribution >= 0.6 is 0 Å². The Hall–Kier alpha value is -6.94. The zero-order valence-electron chi connectivity index (χ0n) is 46.3. The Morgan fingerprint density at radius 3 is 0.829 bits per heavy atom. The minimum Gasteiger partial charge on any atom is -0.374 e. The number of hydrogen-bond acceptors (Lipinski definition) is 11. The summed E-state index contributed by atoms with van der Waals surface area (Å²) in [5.74, 6) is 0. The molecule has 1 aliphatic heterocycles. The van der Waals surface area contributed by atoms with Gasteiger partial charge in [0, 0.05) is 0 Å². The van der Waals surface area contributed by atoms with Crippen molar-refractivity contribution in [2.24, 2.45) is 0 Å². The van der Waals surface area contributed by atoms with Gasteiger partial charge in [-0.3, -0.25) is 0 Å². The molecule has 11 nitrogen and oxygen atoms in total. The molecule has 2 aliphatic rings. The van der Waals surface area contributed by atoms with Gasteiger partial charge in [-0.15, -0.1) is 6.58 Å². The lowest BCUT2D eigenvalue weighted by atomic mass is 9.83. The molecule has 82 heavy (non-hydrogen) atoms. The quantitative estimate of drug-likeness (QED) is 0.0402. The third-order valence-electron chi connectivity index (χ3n) is 14.6. The summed E-state index contributed by atoms with van der Waals surface area (Å²) in [6.07, 6.45) is -7.70. The smallest absolute Gasteiger partial charge is 0.187 e. The van der Waals surface area contributed by atoms with Crippen LogP contribution in [-0.2, 0) is 105 Å². The van der Waals surface area contributed by atoms with E-state index in [1.54, 1.807) is 6.08 Å². The molecule has 0 unspecified atom stereocenters. The van der Waals surface area contributed by atoms with Crippen LogP contribution in [0, 0.1) is 0 Å². The third-order valence-corrected chi connectivity index (χ3v) is 14.6. The van der Waals surface area contributed by atoms with Crippen molar-refractivity contribution in [1.82, 2.24) is 0 Å². The van der Waals surface area contributed by atoms with Gasteiger partial charge in [-0.2, -0.15) is 0 Å². The van der Waals surface area contributed by atoms with Gasteiger partial charge in [0.1, 0.15) is 61.0 Å². The molecule has 0 N–H and O–H groups in total. The normalized spacial score (nSPS) is 23.5. The molecule has 1 heterocycles. The zero-order chi connectivity index (χ0) is 55.8. The first-order chi connectivity index (χ1) is 40.6. The van der Waals surface area contributed by atoms with Gasteiger partial charge in [-0.25, -0.2) is 0 Å². The minimum atomic E-state index is -1.15. The molecule has 1 saturated carbocycles. The number of ether oxygens (including phenoxy) is 11. The van der Waals surface area contributed by atoms with Crippen LogP contribution in [0.1, 0.15) is 44.5 Å². The summed E-state index contributed by atoms with van der Waals surface area (Å²) in [4.78, 5) is 0. The Morgan fingerprint density at radius 2 is 0.524 bits per heavy atom. The van der Waals surface area contributed by atoms with Crippen molar-refractivity contribution in [2.75, 3.05) is 13.2 Å². The minimum absolute atomic E-state index is 0.126. The second-order valence-corrected chi connectivity index (χ2v) is 20.6. The maximum atomic E-state index is 7.77. The molecule has 1 saturated heterocycles. The van der Waals surface area contributed by atoms with Crippen LogP contribution < -0.4 is 0 Å². The van der Waals surface area contributed by atoms with Gasteiger partial charge in [0.15, 0.2) is 6.29 Å². The fourth-order valence-corrected chi connectivity index (χ4v) is 10.5. The van der Waals surface area contributed by atoms with Gasteiger partial charge in [-0.1, -0.05) is 249 Å². The molecule has 0 bridgehead atoms. The molecule has 424 valence electrons. The van der Waals surface area contributed by atoms with Gasteiger partial charge in [0.05, 0.1) is 66.1 Å². The van der Waals surface area contributed by atoms with E-state index in [-0.39, 0.29) is 59.5 Å². The van der Waals surface area contributed by atoms with Crippen molar-refractivity contribution < 1.29 is 52.1 Å². The van der Waals surface area contributed by atoms with E-state index in [4.69, 9.17) is 52.1 Å². The van der Waals surface area contributed by atoms with E-state index in [0.29, 0.717) is 6.61 Å². The SMILES string of the molecule is C=CCO[C@H]1[C@H](OCc2ccccc2)[C@@H](OCc2ccccc2)[C@H](OCc2ccccc2)[C@@H](OCc2ccccc2)[C@H]1O[C@H]1O[C@H](COCc2ccccc2)[C@@H](OCc2ccccc2)[C@H](OCc2ccccc2)[C@@H]1OCc1ccccc1. The van der Waals surface area contributed by atoms with Crippen LogP contribution in [-0.4, -0.2) is 80.5 Å². The predicted molar refractivity (Wildman–Crippen MR) is 315 cm³/mol. The van der Waals surface area contributed by atoms with E-state index in [9.17, 15) is 0 Å². The van der Waals surface area contributed by atoms with Gasteiger partial charge in [0.2, 0.25) is 0 Å². The lowest BCUT2D eigenvalue weighted by Crippen LogP contribution is -2.69. The van der Waals surface area contributed by atoms with Gasteiger partial charge in [-0.05, 0) is 44.5 Å². The van der Waals surface area contributed by atoms with Crippen LogP contribution in [0.15, 0.2) is 255 Å². The highest BCUT2D eigenvalue weighted by Crippen LogP contribution is 2.40. The highest BCUT2D eigenvalue weighted by atomic mass is 16.7. The van der Waals surface area contributed by atoms with Crippen LogP contribution in [0.4, 0.5) is 0 Å². The van der Waals surface area contributed by atoms with Crippen LogP contribution in [0.5, 0.6) is 0 Å². The summed E-state index contributed by atoms with van der Waals surface area (Å²) < 4.78 is 79.3. The predicted octanol–water partition coefficient (Wildman–Crippen LogP) is 13.0. The fourth-order valence-electron chi connectivity index (χ4n) is 10.5. The van der Waals surface area contributed by atoms with E-state index < -0.39 is 67.3 Å². The second kappa shape index (κ2) is 31.5. The van der Waals surface area contributed by atoms with Crippen LogP contribution in [0.2, 0.25) is 0 Å². The van der Waals surface area contributed by atoms with E-state index in [2.05, 4.69) is 6.58 Å². The number of benzene rings is 8. The van der Waals surface area contributed by atoms with E-state index >= 15 is 0 Å². The largest absolute Gasteiger partial charge is 0.374 e. The van der Waals surface area contributed by atoms with Crippen LogP contribution in [0.3, 0.4) is 0 Å². The standard InChI is InChI=1S/C71H74O11/c1-2-43-73-67-65(77-48-57-35-19-7-20-36-57)64(76-47-56-33-17-6-18-34-56)66(78-49-58-37-21-8-22-38-58)68(79-50-59-39-23-9-24-40-59)69(67)82-71-70(80-51-60-41-25-10-26-42-60)63(75-46-55-31-15-5-16-32-55)62(74-45-54-29-13-4-14-30-54)61(81-71)52-72-44-53-27-11-3-12-28-53/h2-42,61-71H,1,43-52H2/t61-,62-,63+,64-,65-,66+,67+,68-,69+,70+,71-/m1/s1. The average molecular weight is 1100 g/mol. The zero-order valence-corrected chi connectivity index (χ0v) is 46.3. The van der Waals surface area contributed by atoms with Gasteiger partial charge >= 0.3 is 0 Å². The lowest BCUT2D eigenvalue weighted by Gasteiger charge is -2.52.